The van der Waals surface area contributed by atoms with Gasteiger partial charge in [-0.15, -0.1) is 0 Å². The lowest BCUT2D eigenvalue weighted by atomic mass is 10.2. The van der Waals surface area contributed by atoms with Crippen LogP contribution in [0.4, 0.5) is 0 Å². The van der Waals surface area contributed by atoms with E-state index in [0.717, 1.165) is 10.6 Å². The fourth-order valence-electron chi connectivity index (χ4n) is 1.06. The van der Waals surface area contributed by atoms with E-state index in [9.17, 15) is 4.21 Å². The Morgan fingerprint density at radius 2 is 2.45 bits per heavy atom. The van der Waals surface area contributed by atoms with E-state index in [1.165, 1.54) is 0 Å². The maximum Gasteiger partial charge on any atom is 0.134 e. The van der Waals surface area contributed by atoms with Gasteiger partial charge in [0.25, 0.3) is 0 Å². The van der Waals surface area contributed by atoms with Crippen LogP contribution in [0.25, 0.3) is 6.08 Å². The Balaban J connectivity index is 2.63. The van der Waals surface area contributed by atoms with Gasteiger partial charge in [0.1, 0.15) is 5.03 Å². The Hall–Kier alpha value is -0.960. The van der Waals surface area contributed by atoms with Gasteiger partial charge in [-0.05, 0) is 6.07 Å². The zero-order valence-electron chi connectivity index (χ0n) is 5.86. The van der Waals surface area contributed by atoms with Crippen molar-refractivity contribution < 1.29 is 4.21 Å². The predicted molar refractivity (Wildman–Crippen MR) is 44.5 cm³/mol. The van der Waals surface area contributed by atoms with Gasteiger partial charge in [0.05, 0.1) is 10.8 Å². The minimum atomic E-state index is -0.913. The minimum Gasteiger partial charge on any atom is -0.252 e. The number of rotatable bonds is 0. The van der Waals surface area contributed by atoms with Crippen LogP contribution in [0.15, 0.2) is 29.4 Å². The number of nitrogens with zero attached hydrogens (tertiary/aromatic N) is 1. The van der Waals surface area contributed by atoms with Crippen LogP contribution in [0.5, 0.6) is 0 Å². The lowest BCUT2D eigenvalue weighted by Crippen LogP contribution is -2.04. The Morgan fingerprint density at radius 1 is 1.55 bits per heavy atom. The van der Waals surface area contributed by atoms with Gasteiger partial charge in [-0.3, -0.25) is 4.21 Å². The molecule has 1 aromatic rings. The van der Waals surface area contributed by atoms with Crippen LogP contribution in [0.1, 0.15) is 5.56 Å². The van der Waals surface area contributed by atoms with Crippen molar-refractivity contribution >= 4 is 16.9 Å². The first-order valence-corrected chi connectivity index (χ1v) is 4.70. The monoisotopic (exact) mass is 165 g/mol. The lowest BCUT2D eigenvalue weighted by Gasteiger charge is -2.06. The first kappa shape index (κ1) is 6.73. The molecule has 0 bridgehead atoms. The molecule has 1 aromatic heterocycles. The molecular weight excluding hydrogens is 158 g/mol. The molecule has 11 heavy (non-hydrogen) atoms. The fourth-order valence-corrected chi connectivity index (χ4v) is 2.07. The molecule has 1 aliphatic heterocycles. The van der Waals surface area contributed by atoms with Crippen molar-refractivity contribution in [2.75, 3.05) is 5.75 Å². The summed E-state index contributed by atoms with van der Waals surface area (Å²) in [6.45, 7) is 0. The number of aromatic nitrogens is 1. The maximum atomic E-state index is 11.3. The summed E-state index contributed by atoms with van der Waals surface area (Å²) in [5, 5.41) is 0.718. The summed E-state index contributed by atoms with van der Waals surface area (Å²) in [5.74, 6) is 0.601. The Labute approximate surface area is 67.4 Å². The highest BCUT2D eigenvalue weighted by atomic mass is 32.2. The minimum absolute atomic E-state index is 0.601. The predicted octanol–water partition coefficient (Wildman–Crippen LogP) is 1.22. The quantitative estimate of drug-likeness (QED) is 0.578. The van der Waals surface area contributed by atoms with Crippen molar-refractivity contribution in [3.8, 4) is 0 Å². The second-order valence-electron chi connectivity index (χ2n) is 2.31. The molecule has 0 aromatic carbocycles. The molecule has 56 valence electrons. The summed E-state index contributed by atoms with van der Waals surface area (Å²) in [6.07, 6.45) is 5.56. The van der Waals surface area contributed by atoms with Crippen LogP contribution >= 0.6 is 0 Å². The van der Waals surface area contributed by atoms with Gasteiger partial charge >= 0.3 is 0 Å². The summed E-state index contributed by atoms with van der Waals surface area (Å²) in [5.41, 5.74) is 0.983. The van der Waals surface area contributed by atoms with E-state index < -0.39 is 10.8 Å². The van der Waals surface area contributed by atoms with E-state index in [-0.39, 0.29) is 0 Å². The standard InChI is InChI=1S/C8H7NOS/c10-11-6-2-4-7-3-1-5-9-8(7)11/h1-5H,6H2. The van der Waals surface area contributed by atoms with Gasteiger partial charge in [0.2, 0.25) is 0 Å². The first-order chi connectivity index (χ1) is 5.38. The van der Waals surface area contributed by atoms with Crippen LogP contribution in [0.3, 0.4) is 0 Å². The van der Waals surface area contributed by atoms with E-state index in [2.05, 4.69) is 4.98 Å². The third-order valence-electron chi connectivity index (χ3n) is 1.56. The van der Waals surface area contributed by atoms with E-state index in [4.69, 9.17) is 0 Å². The molecule has 0 fully saturated rings. The Morgan fingerprint density at radius 3 is 3.27 bits per heavy atom. The van der Waals surface area contributed by atoms with E-state index in [1.807, 2.05) is 24.3 Å². The summed E-state index contributed by atoms with van der Waals surface area (Å²) in [4.78, 5) is 4.05. The van der Waals surface area contributed by atoms with Gasteiger partial charge in [-0.1, -0.05) is 18.2 Å². The molecule has 2 rings (SSSR count). The highest BCUT2D eigenvalue weighted by Crippen LogP contribution is 2.16. The van der Waals surface area contributed by atoms with Gasteiger partial charge in [0.15, 0.2) is 0 Å². The van der Waals surface area contributed by atoms with Crippen molar-refractivity contribution in [2.45, 2.75) is 5.03 Å². The summed E-state index contributed by atoms with van der Waals surface area (Å²) >= 11 is 0. The average molecular weight is 165 g/mol. The molecule has 0 saturated carbocycles. The molecule has 1 unspecified atom stereocenters. The smallest absolute Gasteiger partial charge is 0.134 e. The molecule has 2 heterocycles. The van der Waals surface area contributed by atoms with Crippen LogP contribution < -0.4 is 0 Å². The second kappa shape index (κ2) is 2.58. The topological polar surface area (TPSA) is 30.0 Å². The molecule has 2 nitrogen and oxygen atoms in total. The normalized spacial score (nSPS) is 21.3. The van der Waals surface area contributed by atoms with E-state index >= 15 is 0 Å². The summed E-state index contributed by atoms with van der Waals surface area (Å²) in [6, 6.07) is 3.78. The van der Waals surface area contributed by atoms with Crippen molar-refractivity contribution in [3.05, 3.63) is 30.0 Å². The molecule has 0 spiro atoms. The van der Waals surface area contributed by atoms with Crippen LogP contribution in [-0.2, 0) is 10.8 Å². The molecule has 0 aliphatic carbocycles. The highest BCUT2D eigenvalue weighted by Gasteiger charge is 2.10. The van der Waals surface area contributed by atoms with E-state index in [0.29, 0.717) is 5.75 Å². The Bertz CT molecular complexity index is 333. The van der Waals surface area contributed by atoms with Crippen LogP contribution in [0.2, 0.25) is 0 Å². The summed E-state index contributed by atoms with van der Waals surface area (Å²) < 4.78 is 11.3. The molecule has 3 heteroatoms. The van der Waals surface area contributed by atoms with E-state index in [1.54, 1.807) is 6.20 Å². The molecule has 1 aliphatic rings. The van der Waals surface area contributed by atoms with Crippen molar-refractivity contribution in [1.29, 1.82) is 0 Å². The Kier molecular flexibility index (Phi) is 1.58. The average Bonchev–Trinajstić information content (AvgIpc) is 2.06. The number of fused-ring (bicyclic) bond motifs is 1. The fraction of sp³-hybridized carbons (Fsp3) is 0.125. The lowest BCUT2D eigenvalue weighted by molar-refractivity contribution is 0.681. The maximum absolute atomic E-state index is 11.3. The molecule has 1 atom stereocenters. The molecule has 0 amide bonds. The summed E-state index contributed by atoms with van der Waals surface area (Å²) in [7, 11) is -0.913. The number of hydrogen-bond donors (Lipinski definition) is 0. The van der Waals surface area contributed by atoms with Gasteiger partial charge in [-0.25, -0.2) is 4.98 Å². The van der Waals surface area contributed by atoms with Gasteiger partial charge in [0, 0.05) is 17.5 Å². The first-order valence-electron chi connectivity index (χ1n) is 3.38. The molecule has 0 radical (unpaired) electrons. The second-order valence-corrected chi connectivity index (χ2v) is 3.72. The van der Waals surface area contributed by atoms with Crippen molar-refractivity contribution in [3.63, 3.8) is 0 Å². The van der Waals surface area contributed by atoms with Gasteiger partial charge in [-0.2, -0.15) is 0 Å². The molecule has 0 N–H and O–H groups in total. The largest absolute Gasteiger partial charge is 0.252 e. The van der Waals surface area contributed by atoms with Crippen LogP contribution in [-0.4, -0.2) is 14.9 Å². The zero-order chi connectivity index (χ0) is 7.68. The zero-order valence-corrected chi connectivity index (χ0v) is 6.67. The molecular formula is C8H7NOS. The third kappa shape index (κ3) is 1.12. The third-order valence-corrected chi connectivity index (χ3v) is 2.83. The van der Waals surface area contributed by atoms with Gasteiger partial charge < -0.3 is 0 Å². The van der Waals surface area contributed by atoms with Crippen molar-refractivity contribution in [2.24, 2.45) is 0 Å². The molecule has 0 saturated heterocycles. The van der Waals surface area contributed by atoms with Crippen molar-refractivity contribution in [1.82, 2.24) is 4.98 Å². The van der Waals surface area contributed by atoms with Crippen LogP contribution in [0, 0.1) is 0 Å². The SMILES string of the molecule is O=S1CC=Cc2cccnc21. The number of pyridine rings is 1. The number of hydrogen-bond acceptors (Lipinski definition) is 2. The highest BCUT2D eigenvalue weighted by molar-refractivity contribution is 7.85.